The van der Waals surface area contributed by atoms with Crippen molar-refractivity contribution in [3.8, 4) is 22.8 Å². The minimum absolute atomic E-state index is 0.0571. The van der Waals surface area contributed by atoms with E-state index in [9.17, 15) is 4.79 Å². The number of hydrogen-bond donors (Lipinski definition) is 1. The second-order valence-corrected chi connectivity index (χ2v) is 8.70. The number of rotatable bonds is 6. The number of fused-ring (bicyclic) bond motifs is 1. The van der Waals surface area contributed by atoms with Gasteiger partial charge >= 0.3 is 0 Å². The first kappa shape index (κ1) is 20.3. The highest BCUT2D eigenvalue weighted by Gasteiger charge is 2.37. The van der Waals surface area contributed by atoms with Gasteiger partial charge in [0.2, 0.25) is 5.89 Å². The summed E-state index contributed by atoms with van der Waals surface area (Å²) < 4.78 is 13.2. The lowest BCUT2D eigenvalue weighted by Crippen LogP contribution is -2.45. The largest absolute Gasteiger partial charge is 0.443 e. The molecule has 0 saturated carbocycles. The fourth-order valence-electron chi connectivity index (χ4n) is 4.15. The number of ketones is 1. The third-order valence-corrected chi connectivity index (χ3v) is 5.68. The van der Waals surface area contributed by atoms with Gasteiger partial charge in [-0.05, 0) is 39.3 Å². The Morgan fingerprint density at radius 1 is 1.25 bits per heavy atom. The number of aromatic nitrogens is 5. The molecule has 5 heterocycles. The zero-order chi connectivity index (χ0) is 22.5. The highest BCUT2D eigenvalue weighted by molar-refractivity contribution is 5.99. The number of hydrogen-bond acceptors (Lipinski definition) is 8. The predicted molar refractivity (Wildman–Crippen MR) is 118 cm³/mol. The van der Waals surface area contributed by atoms with Crippen LogP contribution in [0.2, 0.25) is 0 Å². The number of anilines is 1. The van der Waals surface area contributed by atoms with Gasteiger partial charge in [-0.2, -0.15) is 0 Å². The summed E-state index contributed by atoms with van der Waals surface area (Å²) in [7, 11) is 0. The molecule has 0 aliphatic carbocycles. The van der Waals surface area contributed by atoms with Crippen LogP contribution >= 0.6 is 0 Å². The molecule has 5 rings (SSSR count). The predicted octanol–water partition coefficient (Wildman–Crippen LogP) is 3.87. The van der Waals surface area contributed by atoms with E-state index in [4.69, 9.17) is 14.9 Å². The number of Topliss-reactive ketones (excluding diaryl/α,β-unsaturated/α-hetero) is 1. The summed E-state index contributed by atoms with van der Waals surface area (Å²) >= 11 is 0. The van der Waals surface area contributed by atoms with Crippen LogP contribution in [0.15, 0.2) is 41.4 Å². The number of nitrogens with zero attached hydrogens (tertiary/aromatic N) is 5. The van der Waals surface area contributed by atoms with Gasteiger partial charge in [0.1, 0.15) is 23.3 Å². The normalized spacial score (nSPS) is 17.4. The molecule has 4 aromatic heterocycles. The second kappa shape index (κ2) is 7.52. The van der Waals surface area contributed by atoms with Crippen molar-refractivity contribution >= 4 is 17.2 Å². The molecule has 4 aromatic rings. The molecule has 1 unspecified atom stereocenters. The third kappa shape index (κ3) is 3.64. The Balaban J connectivity index is 1.53. The van der Waals surface area contributed by atoms with Crippen molar-refractivity contribution in [2.45, 2.75) is 51.7 Å². The Kier molecular flexibility index (Phi) is 4.78. The van der Waals surface area contributed by atoms with E-state index in [2.05, 4.69) is 19.9 Å². The van der Waals surface area contributed by atoms with E-state index in [-0.39, 0.29) is 41.3 Å². The Hall–Kier alpha value is -3.59. The van der Waals surface area contributed by atoms with Crippen LogP contribution in [0.4, 0.5) is 5.82 Å². The molecule has 0 amide bonds. The monoisotopic (exact) mass is 432 g/mol. The van der Waals surface area contributed by atoms with Crippen LogP contribution < -0.4 is 5.73 Å². The summed E-state index contributed by atoms with van der Waals surface area (Å²) in [6, 6.07) is 3.77. The minimum atomic E-state index is -0.164. The lowest BCUT2D eigenvalue weighted by molar-refractivity contribution is -0.185. The molecule has 1 fully saturated rings. The van der Waals surface area contributed by atoms with Crippen molar-refractivity contribution in [2.75, 3.05) is 5.73 Å². The van der Waals surface area contributed by atoms with Gasteiger partial charge in [-0.1, -0.05) is 0 Å². The van der Waals surface area contributed by atoms with Gasteiger partial charge in [0.25, 0.3) is 0 Å². The number of nitrogen functional groups attached to an aromatic ring is 1. The fourth-order valence-corrected chi connectivity index (χ4v) is 4.15. The smallest absolute Gasteiger partial charge is 0.247 e. The van der Waals surface area contributed by atoms with Crippen LogP contribution in [0.25, 0.3) is 28.5 Å². The number of imidazole rings is 1. The average molecular weight is 432 g/mol. The molecule has 0 aromatic carbocycles. The summed E-state index contributed by atoms with van der Waals surface area (Å²) in [5.74, 6) is 0.177. The Morgan fingerprint density at radius 2 is 2.06 bits per heavy atom. The highest BCUT2D eigenvalue weighted by Crippen LogP contribution is 2.35. The van der Waals surface area contributed by atoms with Crippen molar-refractivity contribution < 1.29 is 13.9 Å². The standard InChI is InChI=1S/C23H24N6O3/c1-13-11-26-17-7-4-14(12-29(13)17)18-20(22-25-8-9-31-22)28-21(24)19(27-18)16(30)6-5-15-10-23(2,3)32-15/h4,7-9,11-12,15H,5-6,10H2,1-3H3,(H2,24,28). The van der Waals surface area contributed by atoms with Crippen LogP contribution in [-0.2, 0) is 4.74 Å². The average Bonchev–Trinajstić information content (AvgIpc) is 3.40. The minimum Gasteiger partial charge on any atom is -0.443 e. The number of carbonyl (C=O) groups excluding carboxylic acids is 1. The molecule has 0 bridgehead atoms. The van der Waals surface area contributed by atoms with Gasteiger partial charge in [-0.3, -0.25) is 4.79 Å². The lowest BCUT2D eigenvalue weighted by Gasteiger charge is -2.43. The van der Waals surface area contributed by atoms with Gasteiger partial charge in [0, 0.05) is 36.5 Å². The van der Waals surface area contributed by atoms with E-state index in [0.717, 1.165) is 23.3 Å². The Labute approximate surface area is 184 Å². The third-order valence-electron chi connectivity index (χ3n) is 5.68. The zero-order valence-electron chi connectivity index (χ0n) is 18.2. The fraction of sp³-hybridized carbons (Fsp3) is 0.348. The topological polar surface area (TPSA) is 121 Å². The SMILES string of the molecule is Cc1cnc2ccc(-c3nc(C(=O)CCC4CC(C)(C)O4)c(N)nc3-c3ncco3)cn12. The highest BCUT2D eigenvalue weighted by atomic mass is 16.5. The van der Waals surface area contributed by atoms with Crippen LogP contribution in [0, 0.1) is 6.92 Å². The molecule has 0 spiro atoms. The van der Waals surface area contributed by atoms with Crippen molar-refractivity contribution in [3.63, 3.8) is 0 Å². The quantitative estimate of drug-likeness (QED) is 0.456. The molecular weight excluding hydrogens is 408 g/mol. The van der Waals surface area contributed by atoms with Crippen molar-refractivity contribution in [1.29, 1.82) is 0 Å². The number of aryl methyl sites for hydroxylation is 1. The van der Waals surface area contributed by atoms with Gasteiger partial charge in [-0.25, -0.2) is 19.9 Å². The number of carbonyl (C=O) groups is 1. The van der Waals surface area contributed by atoms with Gasteiger partial charge in [0.15, 0.2) is 17.3 Å². The molecule has 9 nitrogen and oxygen atoms in total. The van der Waals surface area contributed by atoms with Gasteiger partial charge in [-0.15, -0.1) is 0 Å². The Bertz CT molecular complexity index is 1300. The number of ether oxygens (including phenoxy) is 1. The summed E-state index contributed by atoms with van der Waals surface area (Å²) in [4.78, 5) is 30.7. The molecule has 164 valence electrons. The van der Waals surface area contributed by atoms with Crippen molar-refractivity contribution in [2.24, 2.45) is 0 Å². The van der Waals surface area contributed by atoms with E-state index in [0.29, 0.717) is 17.8 Å². The van der Waals surface area contributed by atoms with E-state index in [1.54, 1.807) is 6.20 Å². The van der Waals surface area contributed by atoms with E-state index in [1.807, 2.05) is 43.5 Å². The first-order valence-electron chi connectivity index (χ1n) is 10.5. The van der Waals surface area contributed by atoms with Crippen LogP contribution in [0.3, 0.4) is 0 Å². The Morgan fingerprint density at radius 3 is 2.78 bits per heavy atom. The second-order valence-electron chi connectivity index (χ2n) is 8.70. The lowest BCUT2D eigenvalue weighted by atomic mass is 9.90. The molecular formula is C23H24N6O3. The number of pyridine rings is 1. The molecule has 0 radical (unpaired) electrons. The molecule has 2 N–H and O–H groups in total. The van der Waals surface area contributed by atoms with Crippen LogP contribution in [-0.4, -0.2) is 41.8 Å². The van der Waals surface area contributed by atoms with E-state index < -0.39 is 0 Å². The van der Waals surface area contributed by atoms with Crippen LogP contribution in [0.1, 0.15) is 49.3 Å². The maximum absolute atomic E-state index is 13.0. The molecule has 1 aliphatic heterocycles. The molecule has 1 saturated heterocycles. The first-order valence-corrected chi connectivity index (χ1v) is 10.5. The summed E-state index contributed by atoms with van der Waals surface area (Å²) in [6.07, 6.45) is 8.61. The maximum atomic E-state index is 13.0. The summed E-state index contributed by atoms with van der Waals surface area (Å²) in [5.41, 5.74) is 9.59. The maximum Gasteiger partial charge on any atom is 0.247 e. The molecule has 9 heteroatoms. The summed E-state index contributed by atoms with van der Waals surface area (Å²) in [5, 5.41) is 0. The van der Waals surface area contributed by atoms with Gasteiger partial charge in [0.05, 0.1) is 17.9 Å². The van der Waals surface area contributed by atoms with E-state index >= 15 is 0 Å². The first-order chi connectivity index (χ1) is 15.3. The van der Waals surface area contributed by atoms with Gasteiger partial charge < -0.3 is 19.3 Å². The van der Waals surface area contributed by atoms with E-state index in [1.165, 1.54) is 12.5 Å². The number of oxazole rings is 1. The van der Waals surface area contributed by atoms with Crippen molar-refractivity contribution in [1.82, 2.24) is 24.3 Å². The van der Waals surface area contributed by atoms with Crippen LogP contribution in [0.5, 0.6) is 0 Å². The summed E-state index contributed by atoms with van der Waals surface area (Å²) in [6.45, 7) is 6.05. The zero-order valence-corrected chi connectivity index (χ0v) is 18.2. The molecule has 32 heavy (non-hydrogen) atoms. The molecule has 1 aliphatic rings. The number of nitrogens with two attached hydrogens (primary N) is 1. The molecule has 1 atom stereocenters. The van der Waals surface area contributed by atoms with Crippen molar-refractivity contribution in [3.05, 3.63) is 48.4 Å².